The zero-order chi connectivity index (χ0) is 17.5. The molecule has 7 heteroatoms. The number of anilines is 1. The highest BCUT2D eigenvalue weighted by molar-refractivity contribution is 5.76. The highest BCUT2D eigenvalue weighted by Crippen LogP contribution is 2.23. The zero-order valence-electron chi connectivity index (χ0n) is 14.1. The van der Waals surface area contributed by atoms with Crippen LogP contribution in [0.1, 0.15) is 24.8 Å². The fourth-order valence-corrected chi connectivity index (χ4v) is 3.06. The van der Waals surface area contributed by atoms with Gasteiger partial charge in [-0.1, -0.05) is 6.07 Å². The molecule has 1 aliphatic heterocycles. The molecular formula is C18H23N5O2. The number of rotatable bonds is 6. The Kier molecular flexibility index (Phi) is 5.55. The number of carbonyl (C=O) groups is 1. The van der Waals surface area contributed by atoms with E-state index in [1.165, 1.54) is 0 Å². The van der Waals surface area contributed by atoms with Gasteiger partial charge in [0.2, 0.25) is 5.91 Å². The molecule has 1 aliphatic rings. The van der Waals surface area contributed by atoms with Crippen LogP contribution in [0.3, 0.4) is 0 Å². The summed E-state index contributed by atoms with van der Waals surface area (Å²) in [5.74, 6) is 0.692. The van der Waals surface area contributed by atoms with Crippen molar-refractivity contribution >= 4 is 11.7 Å². The number of hydrogen-bond donors (Lipinski definition) is 2. The molecule has 0 unspecified atom stereocenters. The Morgan fingerprint density at radius 3 is 2.92 bits per heavy atom. The Labute approximate surface area is 147 Å². The molecule has 0 aliphatic carbocycles. The van der Waals surface area contributed by atoms with Crippen LogP contribution in [0.15, 0.2) is 43.1 Å². The third-order valence-corrected chi connectivity index (χ3v) is 4.41. The van der Waals surface area contributed by atoms with Gasteiger partial charge in [-0.2, -0.15) is 0 Å². The Bertz CT molecular complexity index is 682. The van der Waals surface area contributed by atoms with Crippen molar-refractivity contribution in [2.45, 2.75) is 31.3 Å². The maximum atomic E-state index is 12.1. The van der Waals surface area contributed by atoms with Crippen molar-refractivity contribution in [3.8, 4) is 0 Å². The fraction of sp³-hybridized carbons (Fsp3) is 0.444. The maximum Gasteiger partial charge on any atom is 0.220 e. The average Bonchev–Trinajstić information content (AvgIpc) is 2.66. The standard InChI is InChI=1S/C18H23N5O2/c24-17(5-4-15-3-1-7-19-11-15)22-13-18(25)6-2-10-23(14-18)16-12-20-8-9-21-16/h1,3,7-9,11-12,25H,2,4-6,10,13-14H2,(H,22,24)/t18-/m1/s1. The Balaban J connectivity index is 1.48. The first-order valence-corrected chi connectivity index (χ1v) is 8.54. The molecule has 0 aromatic carbocycles. The van der Waals surface area contributed by atoms with Crippen molar-refractivity contribution in [2.24, 2.45) is 0 Å². The van der Waals surface area contributed by atoms with E-state index in [4.69, 9.17) is 0 Å². The monoisotopic (exact) mass is 341 g/mol. The molecule has 2 aromatic heterocycles. The van der Waals surface area contributed by atoms with Crippen molar-refractivity contribution < 1.29 is 9.90 Å². The minimum Gasteiger partial charge on any atom is -0.386 e. The minimum atomic E-state index is -0.945. The van der Waals surface area contributed by atoms with Crippen LogP contribution in [0.2, 0.25) is 0 Å². The number of pyridine rings is 1. The summed E-state index contributed by atoms with van der Waals surface area (Å²) >= 11 is 0. The molecule has 2 aromatic rings. The van der Waals surface area contributed by atoms with Crippen molar-refractivity contribution in [2.75, 3.05) is 24.5 Å². The van der Waals surface area contributed by atoms with Crippen molar-refractivity contribution in [3.63, 3.8) is 0 Å². The second kappa shape index (κ2) is 8.02. The van der Waals surface area contributed by atoms with E-state index in [0.717, 1.165) is 24.3 Å². The molecular weight excluding hydrogens is 318 g/mol. The number of nitrogens with zero attached hydrogens (tertiary/aromatic N) is 4. The normalized spacial score (nSPS) is 20.3. The number of aliphatic hydroxyl groups is 1. The van der Waals surface area contributed by atoms with Gasteiger partial charge in [0.15, 0.2) is 0 Å². The van der Waals surface area contributed by atoms with E-state index in [1.807, 2.05) is 17.0 Å². The van der Waals surface area contributed by atoms with Gasteiger partial charge in [-0.05, 0) is 30.9 Å². The van der Waals surface area contributed by atoms with Gasteiger partial charge in [0.1, 0.15) is 5.82 Å². The molecule has 1 fully saturated rings. The summed E-state index contributed by atoms with van der Waals surface area (Å²) in [6.45, 7) is 1.51. The van der Waals surface area contributed by atoms with Crippen molar-refractivity contribution in [1.82, 2.24) is 20.3 Å². The summed E-state index contributed by atoms with van der Waals surface area (Å²) in [6.07, 6.45) is 11.0. The largest absolute Gasteiger partial charge is 0.386 e. The van der Waals surface area contributed by atoms with Crippen LogP contribution in [-0.2, 0) is 11.2 Å². The molecule has 3 rings (SSSR count). The molecule has 0 saturated carbocycles. The van der Waals surface area contributed by atoms with Gasteiger partial charge in [0.25, 0.3) is 0 Å². The van der Waals surface area contributed by atoms with Crippen molar-refractivity contribution in [1.29, 1.82) is 0 Å². The molecule has 1 saturated heterocycles. The number of nitrogens with one attached hydrogen (secondary N) is 1. The molecule has 1 atom stereocenters. The lowest BCUT2D eigenvalue weighted by molar-refractivity contribution is -0.122. The molecule has 0 spiro atoms. The second-order valence-electron chi connectivity index (χ2n) is 6.45. The van der Waals surface area contributed by atoms with Crippen molar-refractivity contribution in [3.05, 3.63) is 48.7 Å². The molecule has 3 heterocycles. The quantitative estimate of drug-likeness (QED) is 0.813. The van der Waals surface area contributed by atoms with Gasteiger partial charge in [-0.3, -0.25) is 14.8 Å². The SMILES string of the molecule is O=C(CCc1cccnc1)NC[C@]1(O)CCCN(c2cnccn2)C1. The number of β-amino-alcohol motifs (C(OH)–C–C–N with tert-alkyl or cyclic N) is 1. The number of aryl methyl sites for hydroxylation is 1. The van der Waals surface area contributed by atoms with Crippen LogP contribution >= 0.6 is 0 Å². The van der Waals surface area contributed by atoms with Gasteiger partial charge in [-0.15, -0.1) is 0 Å². The van der Waals surface area contributed by atoms with E-state index in [9.17, 15) is 9.90 Å². The van der Waals surface area contributed by atoms with Gasteiger partial charge in [0, 0.05) is 50.8 Å². The third-order valence-electron chi connectivity index (χ3n) is 4.41. The van der Waals surface area contributed by atoms with Crippen LogP contribution in [0.25, 0.3) is 0 Å². The van der Waals surface area contributed by atoms with Gasteiger partial charge >= 0.3 is 0 Å². The predicted molar refractivity (Wildman–Crippen MR) is 94.0 cm³/mol. The molecule has 2 N–H and O–H groups in total. The second-order valence-corrected chi connectivity index (χ2v) is 6.45. The predicted octanol–water partition coefficient (Wildman–Crippen LogP) is 0.952. The zero-order valence-corrected chi connectivity index (χ0v) is 14.1. The molecule has 25 heavy (non-hydrogen) atoms. The Hall–Kier alpha value is -2.54. The number of piperidine rings is 1. The van der Waals surface area contributed by atoms with Gasteiger partial charge in [0.05, 0.1) is 11.8 Å². The number of hydrogen-bond acceptors (Lipinski definition) is 6. The van der Waals surface area contributed by atoms with Crippen LogP contribution < -0.4 is 10.2 Å². The summed E-state index contributed by atoms with van der Waals surface area (Å²) in [5.41, 5.74) is 0.0857. The third kappa shape index (κ3) is 4.96. The topological polar surface area (TPSA) is 91.2 Å². The Morgan fingerprint density at radius 1 is 1.28 bits per heavy atom. The van der Waals surface area contributed by atoms with Crippen LogP contribution in [-0.4, -0.2) is 51.2 Å². The first-order valence-electron chi connectivity index (χ1n) is 8.54. The van der Waals surface area contributed by atoms with E-state index >= 15 is 0 Å². The summed E-state index contributed by atoms with van der Waals surface area (Å²) in [7, 11) is 0. The molecule has 7 nitrogen and oxygen atoms in total. The van der Waals surface area contributed by atoms with E-state index in [1.54, 1.807) is 31.0 Å². The first-order chi connectivity index (χ1) is 12.1. The fourth-order valence-electron chi connectivity index (χ4n) is 3.06. The summed E-state index contributed by atoms with van der Waals surface area (Å²) in [4.78, 5) is 26.5. The number of aromatic nitrogens is 3. The van der Waals surface area contributed by atoms with Crippen LogP contribution in [0.5, 0.6) is 0 Å². The summed E-state index contributed by atoms with van der Waals surface area (Å²) in [5, 5.41) is 13.7. The molecule has 1 amide bonds. The van der Waals surface area contributed by atoms with E-state index < -0.39 is 5.60 Å². The lowest BCUT2D eigenvalue weighted by Crippen LogP contribution is -2.54. The van der Waals surface area contributed by atoms with E-state index in [2.05, 4.69) is 20.3 Å². The maximum absolute atomic E-state index is 12.1. The number of amides is 1. The molecule has 132 valence electrons. The van der Waals surface area contributed by atoms with Gasteiger partial charge < -0.3 is 15.3 Å². The Morgan fingerprint density at radius 2 is 2.16 bits per heavy atom. The smallest absolute Gasteiger partial charge is 0.220 e. The highest BCUT2D eigenvalue weighted by atomic mass is 16.3. The number of carbonyl (C=O) groups excluding carboxylic acids is 1. The van der Waals surface area contributed by atoms with Crippen LogP contribution in [0.4, 0.5) is 5.82 Å². The summed E-state index contributed by atoms with van der Waals surface area (Å²) in [6, 6.07) is 3.81. The van der Waals surface area contributed by atoms with E-state index in [0.29, 0.717) is 25.8 Å². The van der Waals surface area contributed by atoms with Crippen LogP contribution in [0, 0.1) is 0 Å². The lowest BCUT2D eigenvalue weighted by Gasteiger charge is -2.39. The minimum absolute atomic E-state index is 0.0612. The van der Waals surface area contributed by atoms with E-state index in [-0.39, 0.29) is 12.5 Å². The summed E-state index contributed by atoms with van der Waals surface area (Å²) < 4.78 is 0. The molecule has 0 radical (unpaired) electrons. The average molecular weight is 341 g/mol. The molecule has 0 bridgehead atoms. The van der Waals surface area contributed by atoms with Gasteiger partial charge in [-0.25, -0.2) is 4.98 Å². The lowest BCUT2D eigenvalue weighted by atomic mass is 9.92. The highest BCUT2D eigenvalue weighted by Gasteiger charge is 2.34. The first kappa shape index (κ1) is 17.3.